The highest BCUT2D eigenvalue weighted by molar-refractivity contribution is 5.83. The van der Waals surface area contributed by atoms with Crippen molar-refractivity contribution in [1.82, 2.24) is 0 Å². The molecule has 9 nitrogen and oxygen atoms in total. The third-order valence-corrected chi connectivity index (χ3v) is 4.55. The number of aliphatic hydroxyl groups excluding tert-OH is 2. The summed E-state index contributed by atoms with van der Waals surface area (Å²) in [5, 5.41) is 30.3. The molecule has 4 atom stereocenters. The Morgan fingerprint density at radius 2 is 2.07 bits per heavy atom. The Kier molecular flexibility index (Phi) is 8.49. The Morgan fingerprint density at radius 1 is 1.43 bits per heavy atom. The van der Waals surface area contributed by atoms with E-state index in [0.29, 0.717) is 6.29 Å². The molecule has 0 bridgehead atoms. The zero-order valence-electron chi connectivity index (χ0n) is 16.5. The van der Waals surface area contributed by atoms with E-state index in [0.717, 1.165) is 13.0 Å². The molecule has 1 saturated heterocycles. The molecule has 9 heteroatoms. The minimum absolute atomic E-state index is 0.0416. The van der Waals surface area contributed by atoms with Crippen LogP contribution in [0.3, 0.4) is 0 Å². The van der Waals surface area contributed by atoms with Crippen LogP contribution in [0.1, 0.15) is 33.6 Å². The number of rotatable bonds is 8. The van der Waals surface area contributed by atoms with Crippen molar-refractivity contribution in [3.05, 3.63) is 23.8 Å². The number of hydrogen-bond donors (Lipinski definition) is 3. The molecule has 0 aromatic carbocycles. The van der Waals surface area contributed by atoms with E-state index in [1.807, 2.05) is 0 Å². The molecule has 1 heterocycles. The Hall–Kier alpha value is -2.07. The molecule has 1 fully saturated rings. The predicted molar refractivity (Wildman–Crippen MR) is 96.8 cm³/mol. The number of ether oxygens (including phenoxy) is 3. The van der Waals surface area contributed by atoms with Crippen LogP contribution in [0, 0.1) is 5.41 Å². The van der Waals surface area contributed by atoms with Gasteiger partial charge in [-0.15, -0.1) is 0 Å². The van der Waals surface area contributed by atoms with Gasteiger partial charge in [0.15, 0.2) is 6.10 Å². The number of methoxy groups -OCH3 is 1. The van der Waals surface area contributed by atoms with Gasteiger partial charge in [0.05, 0.1) is 25.9 Å². The largest absolute Gasteiger partial charge is 0.466 e. The lowest BCUT2D eigenvalue weighted by molar-refractivity contribution is -0.326. The van der Waals surface area contributed by atoms with Gasteiger partial charge in [-0.05, 0) is 18.1 Å². The normalized spacial score (nSPS) is 28.2. The molecule has 0 aromatic heterocycles. The van der Waals surface area contributed by atoms with Gasteiger partial charge in [-0.25, -0.2) is 4.79 Å². The van der Waals surface area contributed by atoms with Gasteiger partial charge in [-0.1, -0.05) is 19.9 Å². The fraction of sp³-hybridized carbons (Fsp3) is 0.632. The Bertz CT molecular complexity index is 637. The summed E-state index contributed by atoms with van der Waals surface area (Å²) in [6.45, 7) is 3.75. The Balaban J connectivity index is 3.50. The lowest BCUT2D eigenvalue weighted by Crippen LogP contribution is -2.62. The van der Waals surface area contributed by atoms with Gasteiger partial charge < -0.3 is 29.5 Å². The van der Waals surface area contributed by atoms with Crippen molar-refractivity contribution < 1.29 is 43.9 Å². The fourth-order valence-corrected chi connectivity index (χ4v) is 3.04. The lowest BCUT2D eigenvalue weighted by Gasteiger charge is -2.50. The number of aldehydes is 1. The summed E-state index contributed by atoms with van der Waals surface area (Å²) in [5.41, 5.74) is -1.02. The van der Waals surface area contributed by atoms with Crippen molar-refractivity contribution in [2.24, 2.45) is 5.41 Å². The van der Waals surface area contributed by atoms with E-state index in [9.17, 15) is 24.6 Å². The molecule has 0 spiro atoms. The molecule has 0 amide bonds. The van der Waals surface area contributed by atoms with Crippen LogP contribution in [0.2, 0.25) is 0 Å². The summed E-state index contributed by atoms with van der Waals surface area (Å²) in [7, 11) is 1.18. The molecule has 0 unspecified atom stereocenters. The zero-order valence-corrected chi connectivity index (χ0v) is 16.5. The fourth-order valence-electron chi connectivity index (χ4n) is 3.04. The first kappa shape index (κ1) is 24.0. The van der Waals surface area contributed by atoms with Crippen LogP contribution in [0.25, 0.3) is 0 Å². The number of carbonyl (C=O) groups excluding carboxylic acids is 3. The molecule has 3 N–H and O–H groups in total. The van der Waals surface area contributed by atoms with Crippen LogP contribution >= 0.6 is 0 Å². The lowest BCUT2D eigenvalue weighted by atomic mass is 9.74. The van der Waals surface area contributed by atoms with E-state index in [1.54, 1.807) is 13.8 Å². The molecule has 28 heavy (non-hydrogen) atoms. The topological polar surface area (TPSA) is 140 Å². The molecule has 1 aliphatic rings. The molecule has 0 aliphatic carbocycles. The van der Waals surface area contributed by atoms with Gasteiger partial charge in [-0.3, -0.25) is 9.59 Å². The summed E-state index contributed by atoms with van der Waals surface area (Å²) in [6.07, 6.45) is 0.881. The highest BCUT2D eigenvalue weighted by Crippen LogP contribution is 2.46. The van der Waals surface area contributed by atoms with Crippen molar-refractivity contribution in [1.29, 1.82) is 0 Å². The first-order valence-electron chi connectivity index (χ1n) is 8.78. The smallest absolute Gasteiger partial charge is 0.330 e. The molecule has 0 saturated carbocycles. The summed E-state index contributed by atoms with van der Waals surface area (Å²) >= 11 is 0. The van der Waals surface area contributed by atoms with Gasteiger partial charge in [0, 0.05) is 24.8 Å². The minimum Gasteiger partial charge on any atom is -0.466 e. The van der Waals surface area contributed by atoms with Crippen LogP contribution in [0.5, 0.6) is 0 Å². The average Bonchev–Trinajstić information content (AvgIpc) is 2.62. The summed E-state index contributed by atoms with van der Waals surface area (Å²) in [5.74, 6) is -3.61. The van der Waals surface area contributed by atoms with Gasteiger partial charge in [0.25, 0.3) is 0 Å². The number of allylic oxidation sites excluding steroid dienone is 1. The van der Waals surface area contributed by atoms with Crippen LogP contribution in [0.15, 0.2) is 23.8 Å². The summed E-state index contributed by atoms with van der Waals surface area (Å²) in [6, 6.07) is 0. The van der Waals surface area contributed by atoms with Crippen molar-refractivity contribution in [2.45, 2.75) is 57.7 Å². The van der Waals surface area contributed by atoms with E-state index >= 15 is 0 Å². The van der Waals surface area contributed by atoms with E-state index < -0.39 is 48.1 Å². The maximum absolute atomic E-state index is 11.8. The summed E-state index contributed by atoms with van der Waals surface area (Å²) < 4.78 is 15.7. The van der Waals surface area contributed by atoms with E-state index in [2.05, 4.69) is 4.74 Å². The van der Waals surface area contributed by atoms with Crippen molar-refractivity contribution in [3.63, 3.8) is 0 Å². The maximum atomic E-state index is 11.8. The maximum Gasteiger partial charge on any atom is 0.330 e. The van der Waals surface area contributed by atoms with Gasteiger partial charge in [0.2, 0.25) is 5.79 Å². The molecule has 1 rings (SSSR count). The number of aliphatic hydroxyl groups is 3. The second-order valence-corrected chi connectivity index (χ2v) is 7.16. The van der Waals surface area contributed by atoms with E-state index in [1.165, 1.54) is 19.3 Å². The SMILES string of the molecule is COC(=O)/C=C1\C[C@@H](C[C@@H](O)CO)O[C@@](O)(C(C)(C)/C=C/C=O)[C@H]1OC(C)=O. The number of esters is 2. The molecule has 0 radical (unpaired) electrons. The second kappa shape index (κ2) is 9.92. The second-order valence-electron chi connectivity index (χ2n) is 7.16. The number of hydrogen-bond acceptors (Lipinski definition) is 9. The quantitative estimate of drug-likeness (QED) is 0.292. The van der Waals surface area contributed by atoms with Crippen LogP contribution < -0.4 is 0 Å². The van der Waals surface area contributed by atoms with Gasteiger partial charge in [0.1, 0.15) is 6.29 Å². The van der Waals surface area contributed by atoms with Crippen LogP contribution in [-0.2, 0) is 28.6 Å². The Labute approximate surface area is 163 Å². The van der Waals surface area contributed by atoms with Crippen LogP contribution in [-0.4, -0.2) is 71.4 Å². The third kappa shape index (κ3) is 5.71. The van der Waals surface area contributed by atoms with Crippen molar-refractivity contribution in [3.8, 4) is 0 Å². The molecular weight excluding hydrogens is 372 g/mol. The highest BCUT2D eigenvalue weighted by atomic mass is 16.7. The molecule has 158 valence electrons. The monoisotopic (exact) mass is 400 g/mol. The minimum atomic E-state index is -2.17. The van der Waals surface area contributed by atoms with Crippen molar-refractivity contribution in [2.75, 3.05) is 13.7 Å². The van der Waals surface area contributed by atoms with E-state index in [-0.39, 0.29) is 18.4 Å². The van der Waals surface area contributed by atoms with Crippen LogP contribution in [0.4, 0.5) is 0 Å². The summed E-state index contributed by atoms with van der Waals surface area (Å²) in [4.78, 5) is 34.3. The van der Waals surface area contributed by atoms with Crippen molar-refractivity contribution >= 4 is 18.2 Å². The number of carbonyl (C=O) groups is 3. The van der Waals surface area contributed by atoms with Gasteiger partial charge in [-0.2, -0.15) is 0 Å². The standard InChI is InChI=1S/C19H28O9/c1-12(22)27-17-13(9-16(24)26-4)8-15(10-14(23)11-21)28-19(17,25)18(2,3)6-5-7-20/h5-7,9,14-15,17,21,23,25H,8,10-11H2,1-4H3/b6-5+,13-9+/t14-,15+,17+,19-/m1/s1. The Morgan fingerprint density at radius 3 is 2.57 bits per heavy atom. The first-order chi connectivity index (χ1) is 13.0. The zero-order chi connectivity index (χ0) is 21.5. The van der Waals surface area contributed by atoms with Gasteiger partial charge >= 0.3 is 11.9 Å². The average molecular weight is 400 g/mol. The highest BCUT2D eigenvalue weighted by Gasteiger charge is 2.57. The molecule has 0 aromatic rings. The first-order valence-corrected chi connectivity index (χ1v) is 8.78. The third-order valence-electron chi connectivity index (χ3n) is 4.55. The molecule has 1 aliphatic heterocycles. The van der Waals surface area contributed by atoms with E-state index in [4.69, 9.17) is 14.6 Å². The predicted octanol–water partition coefficient (Wildman–Crippen LogP) is 0.0196. The molecular formula is C19H28O9.